The van der Waals surface area contributed by atoms with E-state index in [9.17, 15) is 9.18 Å². The molecule has 0 saturated carbocycles. The van der Waals surface area contributed by atoms with Crippen LogP contribution in [-0.4, -0.2) is 42.8 Å². The summed E-state index contributed by atoms with van der Waals surface area (Å²) < 4.78 is 19.2. The summed E-state index contributed by atoms with van der Waals surface area (Å²) in [7, 11) is 1.48. The molecular weight excluding hydrogens is 287 g/mol. The van der Waals surface area contributed by atoms with Gasteiger partial charge in [-0.3, -0.25) is 0 Å². The van der Waals surface area contributed by atoms with E-state index in [1.807, 2.05) is 0 Å². The molecule has 0 bridgehead atoms. The fourth-order valence-corrected chi connectivity index (χ4v) is 2.78. The molecule has 0 unspecified atom stereocenters. The summed E-state index contributed by atoms with van der Waals surface area (Å²) in [5, 5.41) is 11.9. The molecule has 5 nitrogen and oxygen atoms in total. The number of carbonyl (C=O) groups excluding carboxylic acids is 1. The van der Waals surface area contributed by atoms with Crippen molar-refractivity contribution in [3.63, 3.8) is 0 Å². The van der Waals surface area contributed by atoms with Crippen LogP contribution in [0.2, 0.25) is 0 Å². The number of methoxy groups -OCH3 is 1. The maximum absolute atomic E-state index is 14.0. The quantitative estimate of drug-likeness (QED) is 0.897. The molecule has 2 amide bonds. The first-order chi connectivity index (χ1) is 10.6. The molecule has 1 heterocycles. The number of benzene rings is 1. The van der Waals surface area contributed by atoms with Crippen molar-refractivity contribution in [3.8, 4) is 5.75 Å². The maximum Gasteiger partial charge on any atom is 0.317 e. The Hall–Kier alpha value is -1.82. The Morgan fingerprint density at radius 1 is 1.50 bits per heavy atom. The van der Waals surface area contributed by atoms with Gasteiger partial charge in [0.1, 0.15) is 11.6 Å². The van der Waals surface area contributed by atoms with Gasteiger partial charge in [0.2, 0.25) is 0 Å². The van der Waals surface area contributed by atoms with E-state index in [0.717, 1.165) is 12.8 Å². The first kappa shape index (κ1) is 16.5. The van der Waals surface area contributed by atoms with Crippen molar-refractivity contribution >= 4 is 6.03 Å². The van der Waals surface area contributed by atoms with Crippen LogP contribution in [0.3, 0.4) is 0 Å². The van der Waals surface area contributed by atoms with Gasteiger partial charge in [0.05, 0.1) is 18.7 Å². The van der Waals surface area contributed by atoms with Crippen molar-refractivity contribution in [2.24, 2.45) is 5.92 Å². The Kier molecular flexibility index (Phi) is 5.60. The first-order valence-corrected chi connectivity index (χ1v) is 7.55. The molecule has 2 rings (SSSR count). The lowest BCUT2D eigenvalue weighted by molar-refractivity contribution is 0.136. The number of nitrogens with one attached hydrogen (secondary N) is 1. The standard InChI is InChI=1S/C16H23FN2O3/c1-11(15-13(17)4-3-5-14(15)22-2)18-16(21)19-8-6-12(10-20)7-9-19/h3-5,11-12,20H,6-10H2,1-2H3,(H,18,21)/t11-/m1/s1. The predicted octanol–water partition coefficient (Wildman–Crippen LogP) is 2.31. The van der Waals surface area contributed by atoms with E-state index in [2.05, 4.69) is 5.32 Å². The molecule has 0 radical (unpaired) electrons. The van der Waals surface area contributed by atoms with Gasteiger partial charge in [-0.2, -0.15) is 0 Å². The summed E-state index contributed by atoms with van der Waals surface area (Å²) in [6.45, 7) is 3.12. The van der Waals surface area contributed by atoms with Gasteiger partial charge < -0.3 is 20.1 Å². The van der Waals surface area contributed by atoms with Gasteiger partial charge in [-0.05, 0) is 37.8 Å². The molecule has 1 fully saturated rings. The van der Waals surface area contributed by atoms with Crippen LogP contribution in [-0.2, 0) is 0 Å². The SMILES string of the molecule is COc1cccc(F)c1[C@@H](C)NC(=O)N1CCC(CO)CC1. The Morgan fingerprint density at radius 3 is 2.77 bits per heavy atom. The number of aliphatic hydroxyl groups excluding tert-OH is 1. The monoisotopic (exact) mass is 310 g/mol. The molecular formula is C16H23FN2O3. The van der Waals surface area contributed by atoms with Crippen LogP contribution in [0.15, 0.2) is 18.2 Å². The average molecular weight is 310 g/mol. The number of halogens is 1. The normalized spacial score (nSPS) is 17.2. The topological polar surface area (TPSA) is 61.8 Å². The second-order valence-corrected chi connectivity index (χ2v) is 5.64. The fourth-order valence-electron chi connectivity index (χ4n) is 2.78. The summed E-state index contributed by atoms with van der Waals surface area (Å²) in [6, 6.07) is 3.90. The molecule has 6 heteroatoms. The number of piperidine rings is 1. The largest absolute Gasteiger partial charge is 0.496 e. The Labute approximate surface area is 130 Å². The van der Waals surface area contributed by atoms with Gasteiger partial charge in [-0.25, -0.2) is 9.18 Å². The molecule has 0 spiro atoms. The lowest BCUT2D eigenvalue weighted by Crippen LogP contribution is -2.45. The highest BCUT2D eigenvalue weighted by Gasteiger charge is 2.25. The van der Waals surface area contributed by atoms with E-state index >= 15 is 0 Å². The van der Waals surface area contributed by atoms with Crippen LogP contribution in [0.5, 0.6) is 5.75 Å². The lowest BCUT2D eigenvalue weighted by atomic mass is 9.98. The van der Waals surface area contributed by atoms with Crippen molar-refractivity contribution in [3.05, 3.63) is 29.6 Å². The lowest BCUT2D eigenvalue weighted by Gasteiger charge is -2.32. The summed E-state index contributed by atoms with van der Waals surface area (Å²) in [6.07, 6.45) is 1.59. The van der Waals surface area contributed by atoms with Gasteiger partial charge >= 0.3 is 6.03 Å². The Bertz CT molecular complexity index is 516. The third-order valence-electron chi connectivity index (χ3n) is 4.17. The predicted molar refractivity (Wildman–Crippen MR) is 81.3 cm³/mol. The summed E-state index contributed by atoms with van der Waals surface area (Å²) in [4.78, 5) is 14.0. The molecule has 1 saturated heterocycles. The van der Waals surface area contributed by atoms with Crippen molar-refractivity contribution in [1.29, 1.82) is 0 Å². The van der Waals surface area contributed by atoms with E-state index < -0.39 is 11.9 Å². The van der Waals surface area contributed by atoms with E-state index in [1.165, 1.54) is 13.2 Å². The van der Waals surface area contributed by atoms with E-state index in [0.29, 0.717) is 24.4 Å². The third kappa shape index (κ3) is 3.68. The molecule has 122 valence electrons. The molecule has 0 aliphatic carbocycles. The zero-order valence-corrected chi connectivity index (χ0v) is 13.0. The second kappa shape index (κ2) is 7.45. The van der Waals surface area contributed by atoms with E-state index in [-0.39, 0.29) is 18.6 Å². The van der Waals surface area contributed by atoms with Gasteiger partial charge in [0, 0.05) is 19.7 Å². The molecule has 1 aliphatic rings. The summed E-state index contributed by atoms with van der Waals surface area (Å²) in [5.74, 6) is 0.297. The minimum Gasteiger partial charge on any atom is -0.496 e. The van der Waals surface area contributed by atoms with Gasteiger partial charge in [-0.15, -0.1) is 0 Å². The van der Waals surface area contributed by atoms with Crippen molar-refractivity contribution in [2.75, 3.05) is 26.8 Å². The number of carbonyl (C=O) groups is 1. The molecule has 1 atom stereocenters. The number of aliphatic hydroxyl groups is 1. The molecule has 2 N–H and O–H groups in total. The average Bonchev–Trinajstić information content (AvgIpc) is 2.54. The highest BCUT2D eigenvalue weighted by Crippen LogP contribution is 2.28. The third-order valence-corrected chi connectivity index (χ3v) is 4.17. The van der Waals surface area contributed by atoms with E-state index in [4.69, 9.17) is 9.84 Å². The van der Waals surface area contributed by atoms with Crippen LogP contribution in [0, 0.1) is 11.7 Å². The smallest absolute Gasteiger partial charge is 0.317 e. The number of nitrogens with zero attached hydrogens (tertiary/aromatic N) is 1. The molecule has 1 aliphatic heterocycles. The van der Waals surface area contributed by atoms with Crippen LogP contribution in [0.1, 0.15) is 31.4 Å². The molecule has 1 aromatic rings. The maximum atomic E-state index is 14.0. The summed E-state index contributed by atoms with van der Waals surface area (Å²) in [5.41, 5.74) is 0.351. The number of amides is 2. The molecule has 1 aromatic carbocycles. The number of rotatable bonds is 4. The van der Waals surface area contributed by atoms with Gasteiger partial charge in [0.15, 0.2) is 0 Å². The number of hydrogen-bond acceptors (Lipinski definition) is 3. The minimum atomic E-state index is -0.487. The van der Waals surface area contributed by atoms with Gasteiger partial charge in [0.25, 0.3) is 0 Å². The van der Waals surface area contributed by atoms with Crippen molar-refractivity contribution in [2.45, 2.75) is 25.8 Å². The summed E-state index contributed by atoms with van der Waals surface area (Å²) >= 11 is 0. The van der Waals surface area contributed by atoms with Crippen LogP contribution in [0.25, 0.3) is 0 Å². The van der Waals surface area contributed by atoms with E-state index in [1.54, 1.807) is 24.0 Å². The van der Waals surface area contributed by atoms with Crippen molar-refractivity contribution < 1.29 is 19.0 Å². The fraction of sp³-hybridized carbons (Fsp3) is 0.562. The van der Waals surface area contributed by atoms with Crippen molar-refractivity contribution in [1.82, 2.24) is 10.2 Å². The zero-order valence-electron chi connectivity index (χ0n) is 13.0. The van der Waals surface area contributed by atoms with Gasteiger partial charge in [-0.1, -0.05) is 6.07 Å². The second-order valence-electron chi connectivity index (χ2n) is 5.64. The first-order valence-electron chi connectivity index (χ1n) is 7.55. The minimum absolute atomic E-state index is 0.165. The Morgan fingerprint density at radius 2 is 2.18 bits per heavy atom. The van der Waals surface area contributed by atoms with Crippen LogP contribution >= 0.6 is 0 Å². The number of hydrogen-bond donors (Lipinski definition) is 2. The number of likely N-dealkylation sites (tertiary alicyclic amines) is 1. The number of urea groups is 1. The highest BCUT2D eigenvalue weighted by atomic mass is 19.1. The number of ether oxygens (including phenoxy) is 1. The molecule has 0 aromatic heterocycles. The van der Waals surface area contributed by atoms with Crippen LogP contribution in [0.4, 0.5) is 9.18 Å². The van der Waals surface area contributed by atoms with Crippen LogP contribution < -0.4 is 10.1 Å². The Balaban J connectivity index is 2.00. The molecule has 22 heavy (non-hydrogen) atoms. The highest BCUT2D eigenvalue weighted by molar-refractivity contribution is 5.75. The zero-order chi connectivity index (χ0) is 16.1.